The number of sulfonamides is 1. The van der Waals surface area contributed by atoms with Gasteiger partial charge in [0, 0.05) is 5.54 Å². The molecule has 0 spiro atoms. The topological polar surface area (TPSA) is 95.1 Å². The standard InChI is InChI=1S/C10H17N3O3S/c1-7-9(8(6-14)12-11-7)17(15,16)13-10(2)4-3-5-10/h13-14H,3-6H2,1-2H3,(H,11,12). The first-order valence-electron chi connectivity index (χ1n) is 5.57. The molecule has 1 aliphatic carbocycles. The summed E-state index contributed by atoms with van der Waals surface area (Å²) in [5, 5.41) is 15.5. The third kappa shape index (κ3) is 2.22. The van der Waals surface area contributed by atoms with Crippen LogP contribution < -0.4 is 4.72 Å². The molecule has 6 nitrogen and oxygen atoms in total. The van der Waals surface area contributed by atoms with Crippen molar-refractivity contribution in [1.29, 1.82) is 0 Å². The maximum Gasteiger partial charge on any atom is 0.244 e. The summed E-state index contributed by atoms with van der Waals surface area (Å²) >= 11 is 0. The zero-order valence-electron chi connectivity index (χ0n) is 9.95. The van der Waals surface area contributed by atoms with E-state index in [1.807, 2.05) is 6.92 Å². The lowest BCUT2D eigenvalue weighted by Gasteiger charge is -2.38. The molecule has 1 fully saturated rings. The summed E-state index contributed by atoms with van der Waals surface area (Å²) < 4.78 is 27.1. The Morgan fingerprint density at radius 2 is 2.18 bits per heavy atom. The molecule has 1 aliphatic rings. The Hall–Kier alpha value is -0.920. The molecule has 0 saturated heterocycles. The molecule has 0 unspecified atom stereocenters. The Morgan fingerprint density at radius 1 is 1.53 bits per heavy atom. The fourth-order valence-corrected chi connectivity index (χ4v) is 3.94. The first-order chi connectivity index (χ1) is 7.88. The van der Waals surface area contributed by atoms with Crippen LogP contribution in [0.25, 0.3) is 0 Å². The lowest BCUT2D eigenvalue weighted by Crippen LogP contribution is -2.50. The lowest BCUT2D eigenvalue weighted by molar-refractivity contribution is 0.247. The van der Waals surface area contributed by atoms with Gasteiger partial charge in [-0.15, -0.1) is 0 Å². The molecule has 3 N–H and O–H groups in total. The summed E-state index contributed by atoms with van der Waals surface area (Å²) in [6, 6.07) is 0. The summed E-state index contributed by atoms with van der Waals surface area (Å²) in [6.45, 7) is 3.13. The number of nitrogens with one attached hydrogen (secondary N) is 2. The van der Waals surface area contributed by atoms with Crippen molar-refractivity contribution < 1.29 is 13.5 Å². The summed E-state index contributed by atoms with van der Waals surface area (Å²) in [5.41, 5.74) is 0.261. The van der Waals surface area contributed by atoms with E-state index in [4.69, 9.17) is 5.11 Å². The summed E-state index contributed by atoms with van der Waals surface area (Å²) in [5.74, 6) is 0. The number of hydrogen-bond acceptors (Lipinski definition) is 4. The molecule has 1 aromatic rings. The van der Waals surface area contributed by atoms with E-state index in [2.05, 4.69) is 14.9 Å². The monoisotopic (exact) mass is 259 g/mol. The second-order valence-electron chi connectivity index (χ2n) is 4.80. The number of aliphatic hydroxyl groups excluding tert-OH is 1. The van der Waals surface area contributed by atoms with Gasteiger partial charge in [0.25, 0.3) is 0 Å². The van der Waals surface area contributed by atoms with Crippen molar-refractivity contribution in [1.82, 2.24) is 14.9 Å². The fraction of sp³-hybridized carbons (Fsp3) is 0.700. The highest BCUT2D eigenvalue weighted by atomic mass is 32.2. The second-order valence-corrected chi connectivity index (χ2v) is 6.42. The van der Waals surface area contributed by atoms with Crippen LogP contribution >= 0.6 is 0 Å². The van der Waals surface area contributed by atoms with Gasteiger partial charge in [0.2, 0.25) is 10.0 Å². The second kappa shape index (κ2) is 4.08. The van der Waals surface area contributed by atoms with Crippen molar-refractivity contribution in [3.63, 3.8) is 0 Å². The number of H-pyrrole nitrogens is 1. The fourth-order valence-electron chi connectivity index (χ4n) is 2.12. The molecule has 7 heteroatoms. The van der Waals surface area contributed by atoms with E-state index in [9.17, 15) is 8.42 Å². The third-order valence-electron chi connectivity index (χ3n) is 3.22. The van der Waals surface area contributed by atoms with E-state index in [-0.39, 0.29) is 16.1 Å². The van der Waals surface area contributed by atoms with E-state index in [1.165, 1.54) is 0 Å². The van der Waals surface area contributed by atoms with E-state index in [1.54, 1.807) is 6.92 Å². The Labute approximate surface area is 100 Å². The average Bonchev–Trinajstić information content (AvgIpc) is 2.57. The van der Waals surface area contributed by atoms with E-state index >= 15 is 0 Å². The average molecular weight is 259 g/mol. The molecule has 2 rings (SSSR count). The zero-order chi connectivity index (χ0) is 12.7. The quantitative estimate of drug-likeness (QED) is 0.730. The number of aliphatic hydroxyl groups is 1. The molecular formula is C10H17N3O3S. The van der Waals surface area contributed by atoms with Gasteiger partial charge in [-0.3, -0.25) is 5.10 Å². The highest BCUT2D eigenvalue weighted by molar-refractivity contribution is 7.89. The highest BCUT2D eigenvalue weighted by Gasteiger charge is 2.37. The number of aryl methyl sites for hydroxylation is 1. The first-order valence-corrected chi connectivity index (χ1v) is 7.05. The van der Waals surface area contributed by atoms with Crippen molar-refractivity contribution >= 4 is 10.0 Å². The summed E-state index contributed by atoms with van der Waals surface area (Å²) in [6.07, 6.45) is 2.73. The smallest absolute Gasteiger partial charge is 0.244 e. The van der Waals surface area contributed by atoms with Crippen molar-refractivity contribution in [3.05, 3.63) is 11.4 Å². The maximum atomic E-state index is 12.2. The summed E-state index contributed by atoms with van der Waals surface area (Å²) in [7, 11) is -3.61. The van der Waals surface area contributed by atoms with Gasteiger partial charge in [-0.25, -0.2) is 13.1 Å². The van der Waals surface area contributed by atoms with Crippen molar-refractivity contribution in [2.24, 2.45) is 0 Å². The maximum absolute atomic E-state index is 12.2. The van der Waals surface area contributed by atoms with Gasteiger partial charge >= 0.3 is 0 Å². The number of rotatable bonds is 4. The van der Waals surface area contributed by atoms with Crippen LogP contribution in [0.2, 0.25) is 0 Å². The van der Waals surface area contributed by atoms with Gasteiger partial charge in [-0.2, -0.15) is 5.10 Å². The Morgan fingerprint density at radius 3 is 2.65 bits per heavy atom. The molecule has 17 heavy (non-hydrogen) atoms. The van der Waals surface area contributed by atoms with Crippen LogP contribution in [-0.4, -0.2) is 29.3 Å². The Balaban J connectivity index is 2.34. The number of hydrogen-bond donors (Lipinski definition) is 3. The molecule has 1 saturated carbocycles. The van der Waals surface area contributed by atoms with E-state index < -0.39 is 16.6 Å². The lowest BCUT2D eigenvalue weighted by atomic mass is 9.80. The van der Waals surface area contributed by atoms with Crippen molar-refractivity contribution in [2.45, 2.75) is 50.2 Å². The minimum absolute atomic E-state index is 0.0770. The molecule has 0 aliphatic heterocycles. The molecule has 1 heterocycles. The predicted molar refractivity (Wildman–Crippen MR) is 61.8 cm³/mol. The van der Waals surface area contributed by atoms with Gasteiger partial charge in [0.15, 0.2) is 0 Å². The Bertz CT molecular complexity index is 517. The van der Waals surface area contributed by atoms with E-state index in [0.717, 1.165) is 19.3 Å². The molecule has 0 atom stereocenters. The van der Waals surface area contributed by atoms with Gasteiger partial charge in [0.05, 0.1) is 12.3 Å². The highest BCUT2D eigenvalue weighted by Crippen LogP contribution is 2.33. The number of aromatic nitrogens is 2. The SMILES string of the molecule is Cc1[nH]nc(CO)c1S(=O)(=O)NC1(C)CCC1. The molecule has 96 valence electrons. The molecule has 0 radical (unpaired) electrons. The zero-order valence-corrected chi connectivity index (χ0v) is 10.8. The van der Waals surface area contributed by atoms with Gasteiger partial charge in [0.1, 0.15) is 10.6 Å². The minimum Gasteiger partial charge on any atom is -0.390 e. The van der Waals surface area contributed by atoms with Crippen LogP contribution in [0.3, 0.4) is 0 Å². The predicted octanol–water partition coefficient (Wildman–Crippen LogP) is 0.431. The molecular weight excluding hydrogens is 242 g/mol. The molecule has 1 aromatic heterocycles. The van der Waals surface area contributed by atoms with E-state index in [0.29, 0.717) is 5.69 Å². The van der Waals surface area contributed by atoms with Crippen LogP contribution in [0, 0.1) is 6.92 Å². The van der Waals surface area contributed by atoms with Crippen molar-refractivity contribution in [2.75, 3.05) is 0 Å². The van der Waals surface area contributed by atoms with Crippen molar-refractivity contribution in [3.8, 4) is 0 Å². The normalized spacial score (nSPS) is 19.0. The summed E-state index contributed by atoms with van der Waals surface area (Å²) in [4.78, 5) is 0.0770. The molecule has 0 aromatic carbocycles. The number of aromatic amines is 1. The van der Waals surface area contributed by atoms with Crippen LogP contribution in [0.15, 0.2) is 4.90 Å². The third-order valence-corrected chi connectivity index (χ3v) is 5.06. The Kier molecular flexibility index (Phi) is 3.01. The number of nitrogens with zero attached hydrogens (tertiary/aromatic N) is 1. The van der Waals surface area contributed by atoms with Crippen LogP contribution in [0.1, 0.15) is 37.6 Å². The van der Waals surface area contributed by atoms with Gasteiger partial charge < -0.3 is 5.11 Å². The van der Waals surface area contributed by atoms with Crippen LogP contribution in [0.5, 0.6) is 0 Å². The first kappa shape index (κ1) is 12.5. The minimum atomic E-state index is -3.61. The van der Waals surface area contributed by atoms with Crippen LogP contribution in [0.4, 0.5) is 0 Å². The largest absolute Gasteiger partial charge is 0.390 e. The van der Waals surface area contributed by atoms with Crippen LogP contribution in [-0.2, 0) is 16.6 Å². The molecule has 0 bridgehead atoms. The molecule has 0 amide bonds. The van der Waals surface area contributed by atoms with Gasteiger partial charge in [-0.1, -0.05) is 0 Å². The van der Waals surface area contributed by atoms with Gasteiger partial charge in [-0.05, 0) is 33.1 Å².